The molecule has 0 saturated carbocycles. The molecule has 1 saturated heterocycles. The van der Waals surface area contributed by atoms with Gasteiger partial charge in [0.25, 0.3) is 0 Å². The van der Waals surface area contributed by atoms with Gasteiger partial charge in [-0.05, 0) is 37.6 Å². The van der Waals surface area contributed by atoms with E-state index >= 15 is 0 Å². The molecule has 1 aromatic rings. The van der Waals surface area contributed by atoms with Gasteiger partial charge in [-0.15, -0.1) is 0 Å². The Kier molecular flexibility index (Phi) is 4.41. The lowest BCUT2D eigenvalue weighted by atomic mass is 10.2. The van der Waals surface area contributed by atoms with Crippen molar-refractivity contribution < 1.29 is 23.1 Å². The van der Waals surface area contributed by atoms with Gasteiger partial charge in [0.2, 0.25) is 5.91 Å². The number of anilines is 1. The molecule has 4 nitrogen and oxygen atoms in total. The lowest BCUT2D eigenvalue weighted by Crippen LogP contribution is -2.41. The van der Waals surface area contributed by atoms with E-state index in [0.717, 1.165) is 12.1 Å². The highest BCUT2D eigenvalue weighted by atomic mass is 19.4. The Balaban J connectivity index is 1.97. The van der Waals surface area contributed by atoms with Gasteiger partial charge < -0.3 is 15.3 Å². The van der Waals surface area contributed by atoms with Crippen molar-refractivity contribution in [3.63, 3.8) is 0 Å². The fourth-order valence-corrected chi connectivity index (χ4v) is 2.30. The standard InChI is InChI=1S/C14H17F3N2O2/c1-9(20)13(21)18-11-6-7-19(8-11)12-4-2-10(3-5-12)14(15,16)17/h2-5,9,11,20H,6-8H2,1H3,(H,18,21)/t9-,11+/m1/s1. The molecule has 7 heteroatoms. The number of hydrogen-bond acceptors (Lipinski definition) is 3. The Morgan fingerprint density at radius 2 is 2.00 bits per heavy atom. The van der Waals surface area contributed by atoms with Crippen molar-refractivity contribution in [1.29, 1.82) is 0 Å². The third-order valence-corrected chi connectivity index (χ3v) is 3.47. The molecule has 0 spiro atoms. The van der Waals surface area contributed by atoms with Crippen molar-refractivity contribution in [3.8, 4) is 0 Å². The number of nitrogens with zero attached hydrogens (tertiary/aromatic N) is 1. The first kappa shape index (κ1) is 15.6. The first-order valence-corrected chi connectivity index (χ1v) is 6.68. The largest absolute Gasteiger partial charge is 0.416 e. The summed E-state index contributed by atoms with van der Waals surface area (Å²) in [5.41, 5.74) is 0.0150. The molecule has 2 atom stereocenters. The minimum Gasteiger partial charge on any atom is -0.384 e. The molecule has 1 aliphatic heterocycles. The molecule has 0 radical (unpaired) electrons. The Hall–Kier alpha value is -1.76. The molecule has 1 amide bonds. The van der Waals surface area contributed by atoms with Gasteiger partial charge in [0.05, 0.1) is 5.56 Å². The van der Waals surface area contributed by atoms with E-state index in [0.29, 0.717) is 25.2 Å². The van der Waals surface area contributed by atoms with Crippen LogP contribution in [0.2, 0.25) is 0 Å². The van der Waals surface area contributed by atoms with Crippen molar-refractivity contribution in [2.45, 2.75) is 31.7 Å². The highest BCUT2D eigenvalue weighted by molar-refractivity contribution is 5.80. The molecule has 116 valence electrons. The number of carbonyl (C=O) groups excluding carboxylic acids is 1. The second kappa shape index (κ2) is 5.93. The minimum atomic E-state index is -4.34. The summed E-state index contributed by atoms with van der Waals surface area (Å²) in [6.07, 6.45) is -4.71. The summed E-state index contributed by atoms with van der Waals surface area (Å²) in [5, 5.41) is 11.8. The number of carbonyl (C=O) groups is 1. The summed E-state index contributed by atoms with van der Waals surface area (Å²) < 4.78 is 37.5. The van der Waals surface area contributed by atoms with Crippen LogP contribution in [0, 0.1) is 0 Å². The number of halogens is 3. The fraction of sp³-hybridized carbons (Fsp3) is 0.500. The van der Waals surface area contributed by atoms with Gasteiger partial charge in [-0.3, -0.25) is 4.79 Å². The zero-order valence-electron chi connectivity index (χ0n) is 11.5. The van der Waals surface area contributed by atoms with Crippen LogP contribution in [0.4, 0.5) is 18.9 Å². The number of alkyl halides is 3. The van der Waals surface area contributed by atoms with Gasteiger partial charge in [0, 0.05) is 24.8 Å². The first-order chi connectivity index (χ1) is 9.77. The zero-order chi connectivity index (χ0) is 15.6. The molecule has 0 bridgehead atoms. The average Bonchev–Trinajstić information content (AvgIpc) is 2.86. The number of nitrogens with one attached hydrogen (secondary N) is 1. The molecule has 1 heterocycles. The van der Waals surface area contributed by atoms with Crippen LogP contribution in [-0.2, 0) is 11.0 Å². The zero-order valence-corrected chi connectivity index (χ0v) is 11.5. The number of aliphatic hydroxyl groups excluding tert-OH is 1. The number of benzene rings is 1. The van der Waals surface area contributed by atoms with E-state index < -0.39 is 23.8 Å². The molecule has 1 aliphatic rings. The van der Waals surface area contributed by atoms with Gasteiger partial charge in [-0.2, -0.15) is 13.2 Å². The van der Waals surface area contributed by atoms with Gasteiger partial charge >= 0.3 is 6.18 Å². The monoisotopic (exact) mass is 302 g/mol. The van der Waals surface area contributed by atoms with Gasteiger partial charge in [-0.25, -0.2) is 0 Å². The average molecular weight is 302 g/mol. The Morgan fingerprint density at radius 1 is 1.38 bits per heavy atom. The molecule has 21 heavy (non-hydrogen) atoms. The predicted octanol–water partition coefficient (Wildman–Crippen LogP) is 1.78. The smallest absolute Gasteiger partial charge is 0.384 e. The van der Waals surface area contributed by atoms with E-state index in [1.165, 1.54) is 19.1 Å². The van der Waals surface area contributed by atoms with E-state index in [-0.39, 0.29) is 6.04 Å². The minimum absolute atomic E-state index is 0.102. The highest BCUT2D eigenvalue weighted by Gasteiger charge is 2.31. The molecule has 0 unspecified atom stereocenters. The number of amides is 1. The van der Waals surface area contributed by atoms with Gasteiger partial charge in [0.15, 0.2) is 0 Å². The normalized spacial score (nSPS) is 20.4. The molecule has 0 aromatic heterocycles. The van der Waals surface area contributed by atoms with Crippen LogP contribution >= 0.6 is 0 Å². The second-order valence-corrected chi connectivity index (χ2v) is 5.16. The van der Waals surface area contributed by atoms with E-state index in [1.807, 2.05) is 4.90 Å². The Morgan fingerprint density at radius 3 is 2.52 bits per heavy atom. The number of aliphatic hydroxyl groups is 1. The van der Waals surface area contributed by atoms with Crippen LogP contribution in [0.3, 0.4) is 0 Å². The molecule has 0 aliphatic carbocycles. The third kappa shape index (κ3) is 3.87. The summed E-state index contributed by atoms with van der Waals surface area (Å²) >= 11 is 0. The van der Waals surface area contributed by atoms with Crippen LogP contribution in [0.1, 0.15) is 18.9 Å². The van der Waals surface area contributed by atoms with Gasteiger partial charge in [-0.1, -0.05) is 0 Å². The number of hydrogen-bond donors (Lipinski definition) is 2. The second-order valence-electron chi connectivity index (χ2n) is 5.16. The summed E-state index contributed by atoms with van der Waals surface area (Å²) in [6, 6.07) is 4.87. The van der Waals surface area contributed by atoms with E-state index in [9.17, 15) is 18.0 Å². The van der Waals surface area contributed by atoms with Crippen LogP contribution in [0.5, 0.6) is 0 Å². The van der Waals surface area contributed by atoms with Gasteiger partial charge in [0.1, 0.15) is 6.10 Å². The fourth-order valence-electron chi connectivity index (χ4n) is 2.30. The van der Waals surface area contributed by atoms with Crippen LogP contribution in [0.15, 0.2) is 24.3 Å². The predicted molar refractivity (Wildman–Crippen MR) is 71.9 cm³/mol. The molecule has 2 N–H and O–H groups in total. The van der Waals surface area contributed by atoms with Crippen molar-refractivity contribution in [2.24, 2.45) is 0 Å². The lowest BCUT2D eigenvalue weighted by Gasteiger charge is -2.20. The summed E-state index contributed by atoms with van der Waals surface area (Å²) in [5.74, 6) is -0.436. The van der Waals surface area contributed by atoms with Crippen molar-refractivity contribution >= 4 is 11.6 Å². The van der Waals surface area contributed by atoms with Crippen molar-refractivity contribution in [2.75, 3.05) is 18.0 Å². The van der Waals surface area contributed by atoms with Crippen LogP contribution < -0.4 is 10.2 Å². The summed E-state index contributed by atoms with van der Waals surface area (Å²) in [7, 11) is 0. The maximum atomic E-state index is 12.5. The molecule has 1 fully saturated rings. The van der Waals surface area contributed by atoms with Crippen molar-refractivity contribution in [3.05, 3.63) is 29.8 Å². The molecular weight excluding hydrogens is 285 g/mol. The highest BCUT2D eigenvalue weighted by Crippen LogP contribution is 2.31. The Labute approximate surface area is 120 Å². The summed E-state index contributed by atoms with van der Waals surface area (Å²) in [4.78, 5) is 13.3. The quantitative estimate of drug-likeness (QED) is 0.895. The first-order valence-electron chi connectivity index (χ1n) is 6.68. The number of rotatable bonds is 3. The molecular formula is C14H17F3N2O2. The van der Waals surface area contributed by atoms with E-state index in [4.69, 9.17) is 5.11 Å². The molecule has 1 aromatic carbocycles. The third-order valence-electron chi connectivity index (χ3n) is 3.47. The van der Waals surface area contributed by atoms with Crippen molar-refractivity contribution in [1.82, 2.24) is 5.32 Å². The molecule has 2 rings (SSSR count). The SMILES string of the molecule is C[C@@H](O)C(=O)N[C@H]1CCN(c2ccc(C(F)(F)F)cc2)C1. The topological polar surface area (TPSA) is 52.6 Å². The lowest BCUT2D eigenvalue weighted by molar-refractivity contribution is -0.137. The van der Waals surface area contributed by atoms with E-state index in [1.54, 1.807) is 0 Å². The summed E-state index contributed by atoms with van der Waals surface area (Å²) in [6.45, 7) is 2.55. The van der Waals surface area contributed by atoms with Crippen LogP contribution in [0.25, 0.3) is 0 Å². The Bertz CT molecular complexity index is 500. The van der Waals surface area contributed by atoms with E-state index in [2.05, 4.69) is 5.32 Å². The maximum Gasteiger partial charge on any atom is 0.416 e. The van der Waals surface area contributed by atoms with Crippen LogP contribution in [-0.4, -0.2) is 36.2 Å². The maximum absolute atomic E-state index is 12.5.